The number of hydrogen-bond acceptors (Lipinski definition) is 5. The number of methoxy groups -OCH3 is 1. The third-order valence-corrected chi connectivity index (χ3v) is 5.48. The van der Waals surface area contributed by atoms with Gasteiger partial charge in [-0.3, -0.25) is 4.79 Å². The molecule has 0 aliphatic heterocycles. The number of hydrogen-bond donors (Lipinski definition) is 2. The highest BCUT2D eigenvalue weighted by Gasteiger charge is 2.18. The summed E-state index contributed by atoms with van der Waals surface area (Å²) in [4.78, 5) is 25.8. The van der Waals surface area contributed by atoms with Crippen LogP contribution in [0.5, 0.6) is 11.5 Å². The third-order valence-electron chi connectivity index (χ3n) is 4.62. The number of carbonyl (C=O) groups is 2. The predicted octanol–water partition coefficient (Wildman–Crippen LogP) is 4.38. The van der Waals surface area contributed by atoms with Crippen LogP contribution in [-0.2, 0) is 13.2 Å². The molecule has 3 aromatic rings. The molecule has 32 heavy (non-hydrogen) atoms. The van der Waals surface area contributed by atoms with Crippen LogP contribution in [0.2, 0.25) is 0 Å². The Morgan fingerprint density at radius 3 is 2.62 bits per heavy atom. The fourth-order valence-corrected chi connectivity index (χ4v) is 3.72. The molecule has 9 heteroatoms. The van der Waals surface area contributed by atoms with Gasteiger partial charge >= 0.3 is 6.09 Å². The zero-order chi connectivity index (χ0) is 22.9. The Bertz CT molecular complexity index is 1060. The first-order valence-electron chi connectivity index (χ1n) is 9.80. The molecule has 0 radical (unpaired) electrons. The van der Waals surface area contributed by atoms with Crippen LogP contribution in [-0.4, -0.2) is 42.2 Å². The topological polar surface area (TPSA) is 88.1 Å². The van der Waals surface area contributed by atoms with E-state index in [1.165, 1.54) is 24.5 Å². The molecule has 1 heterocycles. The van der Waals surface area contributed by atoms with E-state index < -0.39 is 6.09 Å². The molecule has 0 unspecified atom stereocenters. The molecule has 0 aliphatic rings. The van der Waals surface area contributed by atoms with Gasteiger partial charge in [-0.2, -0.15) is 0 Å². The van der Waals surface area contributed by atoms with Gasteiger partial charge in [-0.05, 0) is 35.2 Å². The number of thiophene rings is 1. The summed E-state index contributed by atoms with van der Waals surface area (Å²) < 4.78 is 25.0. The highest BCUT2D eigenvalue weighted by Crippen LogP contribution is 2.30. The van der Waals surface area contributed by atoms with E-state index in [1.807, 2.05) is 5.38 Å². The van der Waals surface area contributed by atoms with Crippen molar-refractivity contribution in [3.05, 3.63) is 81.8 Å². The van der Waals surface area contributed by atoms with E-state index >= 15 is 0 Å². The van der Waals surface area contributed by atoms with Gasteiger partial charge in [0.05, 0.1) is 12.0 Å². The lowest BCUT2D eigenvalue weighted by Gasteiger charge is -2.23. The second kappa shape index (κ2) is 11.1. The lowest BCUT2D eigenvalue weighted by molar-refractivity contribution is 0.0748. The summed E-state index contributed by atoms with van der Waals surface area (Å²) >= 11 is 1.32. The van der Waals surface area contributed by atoms with Crippen LogP contribution in [0, 0.1) is 5.82 Å². The van der Waals surface area contributed by atoms with Gasteiger partial charge in [-0.25, -0.2) is 9.18 Å². The quantitative estimate of drug-likeness (QED) is 0.471. The second-order valence-corrected chi connectivity index (χ2v) is 7.75. The lowest BCUT2D eigenvalue weighted by atomic mass is 10.1. The molecule has 168 valence electrons. The van der Waals surface area contributed by atoms with Crippen molar-refractivity contribution < 1.29 is 28.6 Å². The van der Waals surface area contributed by atoms with Crippen LogP contribution in [0.4, 0.5) is 9.18 Å². The Labute approximate surface area is 189 Å². The Hall–Kier alpha value is -3.59. The lowest BCUT2D eigenvalue weighted by Crippen LogP contribution is -2.37. The standard InChI is InChI=1S/C23H23FN2O5S/c1-30-20-13-16(8-9-19(20)31-15-17-5-2-3-6-18(17)24)14-26(11-10-25-23(28)29)22(27)21-7-4-12-32-21/h2-9,12-13,25H,10-11,14-15H2,1H3,(H,28,29). The Morgan fingerprint density at radius 2 is 1.94 bits per heavy atom. The largest absolute Gasteiger partial charge is 0.493 e. The second-order valence-electron chi connectivity index (χ2n) is 6.80. The molecule has 7 nitrogen and oxygen atoms in total. The minimum absolute atomic E-state index is 0.0478. The van der Waals surface area contributed by atoms with Gasteiger partial charge in [0.25, 0.3) is 5.91 Å². The van der Waals surface area contributed by atoms with Crippen molar-refractivity contribution in [2.75, 3.05) is 20.2 Å². The van der Waals surface area contributed by atoms with Gasteiger partial charge in [0, 0.05) is 25.2 Å². The Morgan fingerprint density at radius 1 is 1.12 bits per heavy atom. The molecule has 2 aromatic carbocycles. The number of halogens is 1. The van der Waals surface area contributed by atoms with E-state index in [-0.39, 0.29) is 38.0 Å². The predicted molar refractivity (Wildman–Crippen MR) is 119 cm³/mol. The minimum atomic E-state index is -1.15. The van der Waals surface area contributed by atoms with Crippen molar-refractivity contribution in [1.82, 2.24) is 10.2 Å². The number of carboxylic acid groups (broad SMARTS) is 1. The number of ether oxygens (including phenoxy) is 2. The maximum Gasteiger partial charge on any atom is 0.404 e. The number of nitrogens with one attached hydrogen (secondary N) is 1. The van der Waals surface area contributed by atoms with Crippen LogP contribution in [0.25, 0.3) is 0 Å². The van der Waals surface area contributed by atoms with Crippen LogP contribution in [0.15, 0.2) is 60.0 Å². The zero-order valence-corrected chi connectivity index (χ0v) is 18.2. The highest BCUT2D eigenvalue weighted by molar-refractivity contribution is 7.12. The summed E-state index contributed by atoms with van der Waals surface area (Å²) in [6.45, 7) is 0.610. The van der Waals surface area contributed by atoms with E-state index in [2.05, 4.69) is 5.32 Å². The van der Waals surface area contributed by atoms with Crippen LogP contribution >= 0.6 is 11.3 Å². The van der Waals surface area contributed by atoms with Crippen molar-refractivity contribution in [2.45, 2.75) is 13.2 Å². The average molecular weight is 459 g/mol. The summed E-state index contributed by atoms with van der Waals surface area (Å²) in [5, 5.41) is 12.9. The summed E-state index contributed by atoms with van der Waals surface area (Å²) in [7, 11) is 1.50. The van der Waals surface area contributed by atoms with Crippen molar-refractivity contribution in [1.29, 1.82) is 0 Å². The van der Waals surface area contributed by atoms with Crippen molar-refractivity contribution in [3.63, 3.8) is 0 Å². The number of amides is 2. The van der Waals surface area contributed by atoms with Gasteiger partial charge < -0.3 is 24.8 Å². The molecule has 0 saturated carbocycles. The molecule has 1 aromatic heterocycles. The molecule has 2 N–H and O–H groups in total. The monoisotopic (exact) mass is 458 g/mol. The first-order valence-corrected chi connectivity index (χ1v) is 10.7. The maximum atomic E-state index is 13.8. The van der Waals surface area contributed by atoms with E-state index in [0.29, 0.717) is 21.9 Å². The Kier molecular flexibility index (Phi) is 8.04. The van der Waals surface area contributed by atoms with Crippen LogP contribution in [0.3, 0.4) is 0 Å². The van der Waals surface area contributed by atoms with Crippen molar-refractivity contribution in [3.8, 4) is 11.5 Å². The highest BCUT2D eigenvalue weighted by atomic mass is 32.1. The summed E-state index contributed by atoms with van der Waals surface area (Å²) in [6, 6.07) is 15.1. The fourth-order valence-electron chi connectivity index (χ4n) is 3.03. The molecule has 0 spiro atoms. The minimum Gasteiger partial charge on any atom is -0.493 e. The SMILES string of the molecule is COc1cc(CN(CCNC(=O)O)C(=O)c2cccs2)ccc1OCc1ccccc1F. The summed E-state index contributed by atoms with van der Waals surface area (Å²) in [6.07, 6.45) is -1.15. The molecule has 0 bridgehead atoms. The molecule has 0 saturated heterocycles. The molecule has 2 amide bonds. The van der Waals surface area contributed by atoms with E-state index in [1.54, 1.807) is 53.4 Å². The number of nitrogens with zero attached hydrogens (tertiary/aromatic N) is 1. The van der Waals surface area contributed by atoms with Crippen LogP contribution < -0.4 is 14.8 Å². The number of carbonyl (C=O) groups excluding carboxylic acids is 1. The molecule has 0 aliphatic carbocycles. The molecule has 0 atom stereocenters. The molecule has 3 rings (SSSR count). The first kappa shape index (κ1) is 23.1. The van der Waals surface area contributed by atoms with Crippen LogP contribution in [0.1, 0.15) is 20.8 Å². The van der Waals surface area contributed by atoms with Gasteiger partial charge in [-0.1, -0.05) is 30.3 Å². The van der Waals surface area contributed by atoms with Gasteiger partial charge in [0.1, 0.15) is 12.4 Å². The maximum absolute atomic E-state index is 13.8. The first-order chi connectivity index (χ1) is 15.5. The van der Waals surface area contributed by atoms with Gasteiger partial charge in [0.2, 0.25) is 0 Å². The van der Waals surface area contributed by atoms with Crippen molar-refractivity contribution in [2.24, 2.45) is 0 Å². The normalized spacial score (nSPS) is 10.4. The Balaban J connectivity index is 1.73. The van der Waals surface area contributed by atoms with Gasteiger partial charge in [0.15, 0.2) is 11.5 Å². The number of rotatable bonds is 10. The summed E-state index contributed by atoms with van der Waals surface area (Å²) in [5.74, 6) is 0.362. The van der Waals surface area contributed by atoms with Gasteiger partial charge in [-0.15, -0.1) is 11.3 Å². The van der Waals surface area contributed by atoms with E-state index in [0.717, 1.165) is 5.56 Å². The number of benzene rings is 2. The van der Waals surface area contributed by atoms with Crippen molar-refractivity contribution >= 4 is 23.3 Å². The average Bonchev–Trinajstić information content (AvgIpc) is 3.32. The molecular formula is C23H23FN2O5S. The smallest absolute Gasteiger partial charge is 0.404 e. The third kappa shape index (κ3) is 6.21. The van der Waals surface area contributed by atoms with E-state index in [9.17, 15) is 14.0 Å². The van der Waals surface area contributed by atoms with E-state index in [4.69, 9.17) is 14.6 Å². The summed E-state index contributed by atoms with van der Waals surface area (Å²) in [5.41, 5.74) is 1.21. The fraction of sp³-hybridized carbons (Fsp3) is 0.217. The molecule has 0 fully saturated rings. The zero-order valence-electron chi connectivity index (χ0n) is 17.4. The molecular weight excluding hydrogens is 435 g/mol.